The minimum absolute atomic E-state index is 0.996. The molecule has 0 amide bonds. The molecule has 0 bridgehead atoms. The van der Waals surface area contributed by atoms with E-state index in [-0.39, 0.29) is 0 Å². The summed E-state index contributed by atoms with van der Waals surface area (Å²) in [4.78, 5) is 4.18. The lowest BCUT2D eigenvalue weighted by Gasteiger charge is -1.94. The van der Waals surface area contributed by atoms with E-state index in [0.717, 1.165) is 11.2 Å². The summed E-state index contributed by atoms with van der Waals surface area (Å²) in [5, 5.41) is 1.18. The fourth-order valence-electron chi connectivity index (χ4n) is 1.20. The predicted molar refractivity (Wildman–Crippen MR) is 44.3 cm³/mol. The number of rotatable bonds is 0. The number of nitrogens with zero attached hydrogens (tertiary/aromatic N) is 2. The Labute approximate surface area is 65.5 Å². The van der Waals surface area contributed by atoms with Gasteiger partial charge in [0.1, 0.15) is 5.65 Å². The molecule has 2 aromatic rings. The van der Waals surface area contributed by atoms with Gasteiger partial charge in [-0.2, -0.15) is 0 Å². The molecule has 0 aliphatic carbocycles. The van der Waals surface area contributed by atoms with Crippen LogP contribution in [0.15, 0.2) is 18.3 Å². The first kappa shape index (κ1) is 6.40. The van der Waals surface area contributed by atoms with Crippen LogP contribution in [0.5, 0.6) is 0 Å². The molecular formula is C9H9N2. The number of aromatic nitrogens is 2. The van der Waals surface area contributed by atoms with Crippen LogP contribution in [0.3, 0.4) is 0 Å². The first-order valence-corrected chi connectivity index (χ1v) is 3.58. The Hall–Kier alpha value is -1.31. The second-order valence-electron chi connectivity index (χ2n) is 2.76. The molecule has 2 aromatic heterocycles. The second kappa shape index (κ2) is 2.09. The van der Waals surface area contributed by atoms with Crippen LogP contribution in [0.1, 0.15) is 5.56 Å². The van der Waals surface area contributed by atoms with E-state index in [1.165, 1.54) is 5.39 Å². The quantitative estimate of drug-likeness (QED) is 0.551. The van der Waals surface area contributed by atoms with Crippen molar-refractivity contribution in [1.29, 1.82) is 0 Å². The Morgan fingerprint density at radius 2 is 2.36 bits per heavy atom. The van der Waals surface area contributed by atoms with E-state index in [2.05, 4.69) is 23.3 Å². The Kier molecular flexibility index (Phi) is 1.22. The van der Waals surface area contributed by atoms with Crippen molar-refractivity contribution in [3.63, 3.8) is 0 Å². The summed E-state index contributed by atoms with van der Waals surface area (Å²) in [5.41, 5.74) is 2.08. The van der Waals surface area contributed by atoms with Gasteiger partial charge in [-0.15, -0.1) is 0 Å². The molecule has 2 nitrogen and oxygen atoms in total. The summed E-state index contributed by atoms with van der Waals surface area (Å²) < 4.78 is 1.99. The van der Waals surface area contributed by atoms with Gasteiger partial charge in [-0.25, -0.2) is 4.98 Å². The molecule has 0 saturated heterocycles. The lowest BCUT2D eigenvalue weighted by molar-refractivity contribution is 0.946. The van der Waals surface area contributed by atoms with E-state index in [0.29, 0.717) is 0 Å². The van der Waals surface area contributed by atoms with Gasteiger partial charge in [0.25, 0.3) is 0 Å². The molecule has 0 aliphatic heterocycles. The average molecular weight is 145 g/mol. The van der Waals surface area contributed by atoms with Crippen LogP contribution in [0.25, 0.3) is 11.0 Å². The van der Waals surface area contributed by atoms with Crippen LogP contribution < -0.4 is 0 Å². The molecule has 0 N–H and O–H groups in total. The SMILES string of the molecule is Cc1[c]nc2c(ccn2C)c1. The standard InChI is InChI=1S/C9H9N2/c1-7-5-8-3-4-11(2)9(8)10-6-7/h3-5H,1-2H3. The van der Waals surface area contributed by atoms with E-state index in [9.17, 15) is 0 Å². The summed E-state index contributed by atoms with van der Waals surface area (Å²) in [6, 6.07) is 4.14. The summed E-state index contributed by atoms with van der Waals surface area (Å²) in [7, 11) is 1.98. The molecule has 2 heterocycles. The normalized spacial score (nSPS) is 10.7. The van der Waals surface area contributed by atoms with Crippen LogP contribution in [0.2, 0.25) is 0 Å². The molecule has 2 rings (SSSR count). The van der Waals surface area contributed by atoms with Crippen molar-refractivity contribution in [1.82, 2.24) is 9.55 Å². The number of aryl methyl sites for hydroxylation is 2. The monoisotopic (exact) mass is 145 g/mol. The fourth-order valence-corrected chi connectivity index (χ4v) is 1.20. The van der Waals surface area contributed by atoms with Crippen molar-refractivity contribution in [3.05, 3.63) is 30.1 Å². The van der Waals surface area contributed by atoms with Crippen molar-refractivity contribution < 1.29 is 0 Å². The third kappa shape index (κ3) is 0.909. The molecule has 0 fully saturated rings. The van der Waals surface area contributed by atoms with Gasteiger partial charge in [-0.1, -0.05) is 0 Å². The fraction of sp³-hybridized carbons (Fsp3) is 0.222. The van der Waals surface area contributed by atoms with E-state index >= 15 is 0 Å². The van der Waals surface area contributed by atoms with Crippen molar-refractivity contribution in [3.8, 4) is 0 Å². The minimum Gasteiger partial charge on any atom is -0.336 e. The Balaban J connectivity index is 2.86. The zero-order chi connectivity index (χ0) is 7.84. The Morgan fingerprint density at radius 3 is 3.18 bits per heavy atom. The predicted octanol–water partition coefficient (Wildman–Crippen LogP) is 1.68. The van der Waals surface area contributed by atoms with Gasteiger partial charge in [0.05, 0.1) is 6.20 Å². The van der Waals surface area contributed by atoms with Gasteiger partial charge in [0.15, 0.2) is 0 Å². The minimum atomic E-state index is 0.996. The van der Waals surface area contributed by atoms with E-state index < -0.39 is 0 Å². The Bertz CT molecular complexity index is 387. The molecule has 0 spiro atoms. The van der Waals surface area contributed by atoms with Gasteiger partial charge in [-0.05, 0) is 24.6 Å². The second-order valence-corrected chi connectivity index (χ2v) is 2.76. The number of hydrogen-bond donors (Lipinski definition) is 0. The van der Waals surface area contributed by atoms with E-state index in [1.54, 1.807) is 0 Å². The zero-order valence-corrected chi connectivity index (χ0v) is 6.63. The molecule has 0 unspecified atom stereocenters. The molecule has 55 valence electrons. The third-order valence-electron chi connectivity index (χ3n) is 1.78. The molecule has 0 aliphatic rings. The van der Waals surface area contributed by atoms with Crippen molar-refractivity contribution >= 4 is 11.0 Å². The molecule has 1 radical (unpaired) electrons. The maximum absolute atomic E-state index is 4.18. The van der Waals surface area contributed by atoms with Gasteiger partial charge in [-0.3, -0.25) is 0 Å². The summed E-state index contributed by atoms with van der Waals surface area (Å²) >= 11 is 0. The van der Waals surface area contributed by atoms with Crippen molar-refractivity contribution in [2.24, 2.45) is 7.05 Å². The average Bonchev–Trinajstić information content (AvgIpc) is 2.32. The lowest BCUT2D eigenvalue weighted by Crippen LogP contribution is -1.87. The highest BCUT2D eigenvalue weighted by Crippen LogP contribution is 2.12. The van der Waals surface area contributed by atoms with Gasteiger partial charge in [0.2, 0.25) is 0 Å². The van der Waals surface area contributed by atoms with Gasteiger partial charge < -0.3 is 4.57 Å². The first-order chi connectivity index (χ1) is 5.27. The maximum atomic E-state index is 4.18. The summed E-state index contributed by atoms with van der Waals surface area (Å²) in [6.07, 6.45) is 4.94. The topological polar surface area (TPSA) is 17.8 Å². The molecule has 0 saturated carbocycles. The summed E-state index contributed by atoms with van der Waals surface area (Å²) in [6.45, 7) is 2.00. The Morgan fingerprint density at radius 1 is 1.55 bits per heavy atom. The highest BCUT2D eigenvalue weighted by atomic mass is 15.0. The van der Waals surface area contributed by atoms with Crippen LogP contribution in [-0.2, 0) is 7.05 Å². The van der Waals surface area contributed by atoms with E-state index in [4.69, 9.17) is 0 Å². The number of hydrogen-bond acceptors (Lipinski definition) is 1. The van der Waals surface area contributed by atoms with Crippen molar-refractivity contribution in [2.75, 3.05) is 0 Å². The lowest BCUT2D eigenvalue weighted by atomic mass is 10.2. The summed E-state index contributed by atoms with van der Waals surface area (Å²) in [5.74, 6) is 0. The molecular weight excluding hydrogens is 136 g/mol. The molecule has 0 atom stereocenters. The van der Waals surface area contributed by atoms with Crippen LogP contribution in [0, 0.1) is 13.1 Å². The van der Waals surface area contributed by atoms with Crippen molar-refractivity contribution in [2.45, 2.75) is 6.92 Å². The molecule has 0 aromatic carbocycles. The molecule has 2 heteroatoms. The van der Waals surface area contributed by atoms with Gasteiger partial charge >= 0.3 is 0 Å². The van der Waals surface area contributed by atoms with Crippen LogP contribution in [0.4, 0.5) is 0 Å². The largest absolute Gasteiger partial charge is 0.336 e. The highest BCUT2D eigenvalue weighted by molar-refractivity contribution is 5.76. The first-order valence-electron chi connectivity index (χ1n) is 3.58. The number of fused-ring (bicyclic) bond motifs is 1. The van der Waals surface area contributed by atoms with Crippen LogP contribution >= 0.6 is 0 Å². The van der Waals surface area contributed by atoms with Gasteiger partial charge in [0, 0.05) is 18.6 Å². The maximum Gasteiger partial charge on any atom is 0.140 e. The molecule has 11 heavy (non-hydrogen) atoms. The van der Waals surface area contributed by atoms with Crippen LogP contribution in [-0.4, -0.2) is 9.55 Å². The third-order valence-corrected chi connectivity index (χ3v) is 1.78. The van der Waals surface area contributed by atoms with E-state index in [1.807, 2.05) is 24.7 Å². The smallest absolute Gasteiger partial charge is 0.140 e. The zero-order valence-electron chi connectivity index (χ0n) is 6.63. The highest BCUT2D eigenvalue weighted by Gasteiger charge is 1.97. The number of pyridine rings is 1.